The van der Waals surface area contributed by atoms with E-state index >= 15 is 0 Å². The summed E-state index contributed by atoms with van der Waals surface area (Å²) in [6.07, 6.45) is 2.76. The number of rotatable bonds is 2. The van der Waals surface area contributed by atoms with Gasteiger partial charge in [0.05, 0.1) is 11.3 Å². The molecule has 0 saturated carbocycles. The summed E-state index contributed by atoms with van der Waals surface area (Å²) in [6, 6.07) is 8.12. The quantitative estimate of drug-likeness (QED) is 0.890. The second-order valence-corrected chi connectivity index (χ2v) is 4.59. The van der Waals surface area contributed by atoms with Crippen LogP contribution in [0.25, 0.3) is 0 Å². The number of nitriles is 1. The van der Waals surface area contributed by atoms with Gasteiger partial charge in [0.25, 0.3) is 5.91 Å². The summed E-state index contributed by atoms with van der Waals surface area (Å²) in [7, 11) is 0. The van der Waals surface area contributed by atoms with Crippen molar-refractivity contribution in [3.05, 3.63) is 62.5 Å². The number of carbonyl (C=O) groups excluding carboxylic acids is 1. The summed E-state index contributed by atoms with van der Waals surface area (Å²) in [4.78, 5) is 26.1. The lowest BCUT2D eigenvalue weighted by Gasteiger charge is -2.07. The Balaban J connectivity index is 2.35. The number of nitrogens with one attached hydrogen (secondary N) is 2. The zero-order valence-electron chi connectivity index (χ0n) is 9.61. The van der Waals surface area contributed by atoms with Crippen molar-refractivity contribution in [1.29, 1.82) is 5.26 Å². The van der Waals surface area contributed by atoms with E-state index in [1.165, 1.54) is 18.5 Å². The monoisotopic (exact) mass is 317 g/mol. The van der Waals surface area contributed by atoms with Crippen molar-refractivity contribution in [3.63, 3.8) is 0 Å². The fourth-order valence-corrected chi connectivity index (χ4v) is 1.86. The molecular formula is C13H8BrN3O2. The van der Waals surface area contributed by atoms with Crippen LogP contribution in [-0.4, -0.2) is 10.9 Å². The lowest BCUT2D eigenvalue weighted by atomic mass is 10.2. The molecule has 0 fully saturated rings. The molecule has 0 saturated heterocycles. The Kier molecular flexibility index (Phi) is 3.78. The SMILES string of the molecule is N#Cc1ccc(Br)cc1NC(=O)c1c[nH]ccc1=O. The molecule has 94 valence electrons. The minimum atomic E-state index is -0.559. The Morgan fingerprint density at radius 1 is 1.37 bits per heavy atom. The molecule has 6 heteroatoms. The van der Waals surface area contributed by atoms with Crippen LogP contribution in [0.3, 0.4) is 0 Å². The molecule has 5 nitrogen and oxygen atoms in total. The number of nitrogens with zero attached hydrogens (tertiary/aromatic N) is 1. The molecule has 19 heavy (non-hydrogen) atoms. The van der Waals surface area contributed by atoms with E-state index in [4.69, 9.17) is 5.26 Å². The number of aromatic amines is 1. The highest BCUT2D eigenvalue weighted by Crippen LogP contribution is 2.21. The summed E-state index contributed by atoms with van der Waals surface area (Å²) in [5.41, 5.74) is 0.283. The number of carbonyl (C=O) groups is 1. The molecule has 0 unspecified atom stereocenters. The van der Waals surface area contributed by atoms with E-state index in [1.54, 1.807) is 18.2 Å². The summed E-state index contributed by atoms with van der Waals surface area (Å²) in [5.74, 6) is -0.559. The van der Waals surface area contributed by atoms with E-state index < -0.39 is 5.91 Å². The zero-order valence-corrected chi connectivity index (χ0v) is 11.2. The Morgan fingerprint density at radius 3 is 2.84 bits per heavy atom. The minimum Gasteiger partial charge on any atom is -0.367 e. The maximum absolute atomic E-state index is 12.0. The number of aromatic nitrogens is 1. The maximum atomic E-state index is 12.0. The average Bonchev–Trinajstić information content (AvgIpc) is 2.39. The van der Waals surface area contributed by atoms with Crippen LogP contribution < -0.4 is 10.7 Å². The molecule has 1 aromatic heterocycles. The van der Waals surface area contributed by atoms with E-state index in [2.05, 4.69) is 26.2 Å². The van der Waals surface area contributed by atoms with Crippen molar-refractivity contribution in [3.8, 4) is 6.07 Å². The highest BCUT2D eigenvalue weighted by atomic mass is 79.9. The Hall–Kier alpha value is -2.39. The first-order valence-corrected chi connectivity index (χ1v) is 6.09. The second kappa shape index (κ2) is 5.50. The summed E-state index contributed by atoms with van der Waals surface area (Å²) < 4.78 is 0.726. The van der Waals surface area contributed by atoms with Gasteiger partial charge in [-0.05, 0) is 18.2 Å². The smallest absolute Gasteiger partial charge is 0.261 e. The van der Waals surface area contributed by atoms with Crippen LogP contribution >= 0.6 is 15.9 Å². The lowest BCUT2D eigenvalue weighted by Crippen LogP contribution is -2.21. The maximum Gasteiger partial charge on any atom is 0.261 e. The molecule has 0 aliphatic rings. The van der Waals surface area contributed by atoms with E-state index in [9.17, 15) is 9.59 Å². The molecule has 0 atom stereocenters. The predicted octanol–water partition coefficient (Wildman–Crippen LogP) is 2.26. The van der Waals surface area contributed by atoms with Gasteiger partial charge in [0.15, 0.2) is 5.43 Å². The lowest BCUT2D eigenvalue weighted by molar-refractivity contribution is 0.102. The van der Waals surface area contributed by atoms with Gasteiger partial charge in [-0.25, -0.2) is 0 Å². The van der Waals surface area contributed by atoms with Crippen LogP contribution in [0.2, 0.25) is 0 Å². The van der Waals surface area contributed by atoms with Crippen molar-refractivity contribution in [2.75, 3.05) is 5.32 Å². The minimum absolute atomic E-state index is 0.00800. The van der Waals surface area contributed by atoms with E-state index in [1.807, 2.05) is 6.07 Å². The third-order valence-electron chi connectivity index (χ3n) is 2.42. The first-order valence-electron chi connectivity index (χ1n) is 5.30. The van der Waals surface area contributed by atoms with Gasteiger partial charge in [-0.15, -0.1) is 0 Å². The normalized spacial score (nSPS) is 9.68. The summed E-state index contributed by atoms with van der Waals surface area (Å²) in [6.45, 7) is 0. The van der Waals surface area contributed by atoms with Crippen molar-refractivity contribution in [2.24, 2.45) is 0 Å². The van der Waals surface area contributed by atoms with Crippen LogP contribution in [-0.2, 0) is 0 Å². The second-order valence-electron chi connectivity index (χ2n) is 3.68. The highest BCUT2D eigenvalue weighted by molar-refractivity contribution is 9.10. The summed E-state index contributed by atoms with van der Waals surface area (Å²) in [5, 5.41) is 11.5. The van der Waals surface area contributed by atoms with Gasteiger partial charge in [0, 0.05) is 22.9 Å². The first kappa shape index (κ1) is 13.1. The van der Waals surface area contributed by atoms with E-state index in [0.717, 1.165) is 4.47 Å². The number of hydrogen-bond acceptors (Lipinski definition) is 3. The van der Waals surface area contributed by atoms with Gasteiger partial charge in [-0.2, -0.15) is 5.26 Å². The van der Waals surface area contributed by atoms with Crippen molar-refractivity contribution in [1.82, 2.24) is 4.98 Å². The Bertz CT molecular complexity index is 731. The molecule has 1 heterocycles. The highest BCUT2D eigenvalue weighted by Gasteiger charge is 2.12. The molecule has 0 bridgehead atoms. The Labute approximate surface area is 117 Å². The number of amides is 1. The van der Waals surface area contributed by atoms with E-state index in [0.29, 0.717) is 11.3 Å². The molecule has 2 aromatic rings. The van der Waals surface area contributed by atoms with Crippen molar-refractivity contribution >= 4 is 27.5 Å². The zero-order chi connectivity index (χ0) is 13.8. The van der Waals surface area contributed by atoms with Crippen LogP contribution in [0.4, 0.5) is 5.69 Å². The van der Waals surface area contributed by atoms with Crippen molar-refractivity contribution < 1.29 is 4.79 Å². The van der Waals surface area contributed by atoms with Gasteiger partial charge >= 0.3 is 0 Å². The molecule has 1 aromatic carbocycles. The van der Waals surface area contributed by atoms with Gasteiger partial charge in [-0.1, -0.05) is 15.9 Å². The standard InChI is InChI=1S/C13H8BrN3O2/c14-9-2-1-8(6-15)11(5-9)17-13(19)10-7-16-4-3-12(10)18/h1-5,7H,(H,16,18)(H,17,19). The average molecular weight is 318 g/mol. The van der Waals surface area contributed by atoms with Gasteiger partial charge in [-0.3, -0.25) is 9.59 Å². The number of H-pyrrole nitrogens is 1. The largest absolute Gasteiger partial charge is 0.367 e. The third-order valence-corrected chi connectivity index (χ3v) is 2.91. The molecule has 0 radical (unpaired) electrons. The number of hydrogen-bond donors (Lipinski definition) is 2. The van der Waals surface area contributed by atoms with Crippen molar-refractivity contribution in [2.45, 2.75) is 0 Å². The summed E-state index contributed by atoms with van der Waals surface area (Å²) >= 11 is 3.26. The topological polar surface area (TPSA) is 85.8 Å². The van der Waals surface area contributed by atoms with Crippen LogP contribution in [0.5, 0.6) is 0 Å². The van der Waals surface area contributed by atoms with Gasteiger partial charge < -0.3 is 10.3 Å². The van der Waals surface area contributed by atoms with E-state index in [-0.39, 0.29) is 11.0 Å². The van der Waals surface area contributed by atoms with Crippen LogP contribution in [0, 0.1) is 11.3 Å². The van der Waals surface area contributed by atoms with Crippen LogP contribution in [0.1, 0.15) is 15.9 Å². The van der Waals surface area contributed by atoms with Gasteiger partial charge in [0.2, 0.25) is 0 Å². The predicted molar refractivity (Wildman–Crippen MR) is 73.9 cm³/mol. The molecule has 1 amide bonds. The molecule has 2 rings (SSSR count). The Morgan fingerprint density at radius 2 is 2.16 bits per heavy atom. The molecule has 0 spiro atoms. The number of pyridine rings is 1. The number of anilines is 1. The third kappa shape index (κ3) is 2.89. The molecular weight excluding hydrogens is 310 g/mol. The fourth-order valence-electron chi connectivity index (χ4n) is 1.50. The molecule has 2 N–H and O–H groups in total. The van der Waals surface area contributed by atoms with Crippen LogP contribution in [0.15, 0.2) is 45.9 Å². The molecule has 0 aliphatic heterocycles. The number of halogens is 1. The number of benzene rings is 1. The fraction of sp³-hybridized carbons (Fsp3) is 0. The first-order chi connectivity index (χ1) is 9.11. The van der Waals surface area contributed by atoms with Gasteiger partial charge in [0.1, 0.15) is 11.6 Å². The molecule has 0 aliphatic carbocycles.